The summed E-state index contributed by atoms with van der Waals surface area (Å²) in [6, 6.07) is 7.14. The Morgan fingerprint density at radius 3 is 2.50 bits per heavy atom. The zero-order valence-electron chi connectivity index (χ0n) is 20.2. The molecule has 3 aromatic rings. The molecule has 8 nitrogen and oxygen atoms in total. The topological polar surface area (TPSA) is 81.5 Å². The molecule has 2 saturated heterocycles. The molecule has 5 rings (SSSR count). The van der Waals surface area contributed by atoms with Crippen LogP contribution in [-0.4, -0.2) is 72.0 Å². The van der Waals surface area contributed by atoms with E-state index in [0.717, 1.165) is 57.7 Å². The van der Waals surface area contributed by atoms with Gasteiger partial charge in [-0.15, -0.1) is 0 Å². The minimum atomic E-state index is -0.943. The number of nitrogens with zero attached hydrogens (tertiary/aromatic N) is 4. The number of anilines is 1. The molecule has 2 aliphatic heterocycles. The Kier molecular flexibility index (Phi) is 7.84. The lowest BCUT2D eigenvalue weighted by atomic mass is 9.97. The standard InChI is InChI=1S/C26H31F2N5O3/c27-20-2-1-19(17-21(20)28)22-3-4-23-25(31-22)33(10-9-32-11-15-36-16-12-32)26(34)24(30-23)29-8-5-18-6-13-35-14-7-18/h1-4,17-18H,5-16H2,(H,29,30). The number of fused-ring (bicyclic) bond motifs is 1. The second kappa shape index (κ2) is 11.4. The van der Waals surface area contributed by atoms with Gasteiger partial charge in [0.15, 0.2) is 23.1 Å². The van der Waals surface area contributed by atoms with E-state index in [9.17, 15) is 13.6 Å². The van der Waals surface area contributed by atoms with Crippen LogP contribution in [0.25, 0.3) is 22.4 Å². The molecule has 0 bridgehead atoms. The van der Waals surface area contributed by atoms with Crippen molar-refractivity contribution in [3.8, 4) is 11.3 Å². The van der Waals surface area contributed by atoms with Crippen LogP contribution >= 0.6 is 0 Å². The highest BCUT2D eigenvalue weighted by atomic mass is 19.2. The molecule has 2 fully saturated rings. The van der Waals surface area contributed by atoms with E-state index in [0.29, 0.717) is 67.0 Å². The lowest BCUT2D eigenvalue weighted by Gasteiger charge is -2.27. The van der Waals surface area contributed by atoms with Crippen LogP contribution in [0.5, 0.6) is 0 Å². The SMILES string of the molecule is O=c1c(NCCC2CCOCC2)nc2ccc(-c3ccc(F)c(F)c3)nc2n1CCN1CCOCC1. The van der Waals surface area contributed by atoms with E-state index in [1.54, 1.807) is 16.7 Å². The van der Waals surface area contributed by atoms with E-state index in [1.165, 1.54) is 6.07 Å². The van der Waals surface area contributed by atoms with E-state index in [2.05, 4.69) is 20.2 Å². The number of morpholine rings is 1. The molecule has 0 spiro atoms. The number of hydrogen-bond acceptors (Lipinski definition) is 7. The summed E-state index contributed by atoms with van der Waals surface area (Å²) in [7, 11) is 0. The first-order valence-electron chi connectivity index (χ1n) is 12.6. The zero-order valence-corrected chi connectivity index (χ0v) is 20.2. The first kappa shape index (κ1) is 24.7. The third-order valence-electron chi connectivity index (χ3n) is 6.93. The van der Waals surface area contributed by atoms with Crippen LogP contribution in [0.2, 0.25) is 0 Å². The monoisotopic (exact) mass is 499 g/mol. The number of hydrogen-bond donors (Lipinski definition) is 1. The van der Waals surface area contributed by atoms with Gasteiger partial charge < -0.3 is 14.8 Å². The normalized spacial score (nSPS) is 17.5. The third-order valence-corrected chi connectivity index (χ3v) is 6.93. The number of aromatic nitrogens is 3. The number of benzene rings is 1. The van der Waals surface area contributed by atoms with Gasteiger partial charge in [0.2, 0.25) is 0 Å². The molecule has 1 N–H and O–H groups in total. The molecule has 4 heterocycles. The number of rotatable bonds is 8. The van der Waals surface area contributed by atoms with Gasteiger partial charge in [0.05, 0.1) is 18.9 Å². The smallest absolute Gasteiger partial charge is 0.294 e. The number of ether oxygens (including phenoxy) is 2. The Morgan fingerprint density at radius 1 is 0.944 bits per heavy atom. The molecular weight excluding hydrogens is 468 g/mol. The van der Waals surface area contributed by atoms with E-state index in [-0.39, 0.29) is 5.56 Å². The summed E-state index contributed by atoms with van der Waals surface area (Å²) in [5.74, 6) is -0.976. The van der Waals surface area contributed by atoms with Gasteiger partial charge in [-0.3, -0.25) is 14.3 Å². The molecule has 2 aliphatic rings. The second-order valence-electron chi connectivity index (χ2n) is 9.31. The van der Waals surface area contributed by atoms with Gasteiger partial charge >= 0.3 is 0 Å². The number of halogens is 2. The summed E-state index contributed by atoms with van der Waals surface area (Å²) < 4.78 is 39.8. The van der Waals surface area contributed by atoms with Crippen molar-refractivity contribution in [3.63, 3.8) is 0 Å². The van der Waals surface area contributed by atoms with Crippen molar-refractivity contribution in [1.29, 1.82) is 0 Å². The molecule has 1 aromatic carbocycles. The van der Waals surface area contributed by atoms with Gasteiger partial charge in [-0.05, 0) is 55.5 Å². The van der Waals surface area contributed by atoms with Gasteiger partial charge in [-0.25, -0.2) is 18.7 Å². The van der Waals surface area contributed by atoms with Crippen LogP contribution in [0, 0.1) is 17.6 Å². The Hall–Kier alpha value is -2.95. The summed E-state index contributed by atoms with van der Waals surface area (Å²) in [4.78, 5) is 25.0. The van der Waals surface area contributed by atoms with Gasteiger partial charge in [0.1, 0.15) is 5.52 Å². The van der Waals surface area contributed by atoms with Crippen LogP contribution < -0.4 is 10.9 Å². The van der Waals surface area contributed by atoms with Crippen LogP contribution in [-0.2, 0) is 16.0 Å². The van der Waals surface area contributed by atoms with Crippen LogP contribution in [0.1, 0.15) is 19.3 Å². The van der Waals surface area contributed by atoms with Gasteiger partial charge in [-0.1, -0.05) is 0 Å². The summed E-state index contributed by atoms with van der Waals surface area (Å²) in [6.07, 6.45) is 3.02. The maximum atomic E-state index is 13.9. The molecule has 10 heteroatoms. The van der Waals surface area contributed by atoms with Crippen molar-refractivity contribution >= 4 is 17.0 Å². The van der Waals surface area contributed by atoms with E-state index < -0.39 is 11.6 Å². The molecule has 0 atom stereocenters. The number of pyridine rings is 1. The Labute approximate surface area is 208 Å². The fraction of sp³-hybridized carbons (Fsp3) is 0.500. The maximum Gasteiger partial charge on any atom is 0.294 e. The Morgan fingerprint density at radius 2 is 1.72 bits per heavy atom. The first-order chi connectivity index (χ1) is 17.6. The highest BCUT2D eigenvalue weighted by molar-refractivity contribution is 5.76. The summed E-state index contributed by atoms with van der Waals surface area (Å²) in [6.45, 7) is 6.29. The van der Waals surface area contributed by atoms with E-state index in [4.69, 9.17) is 9.47 Å². The Bertz CT molecular complexity index is 1260. The summed E-state index contributed by atoms with van der Waals surface area (Å²) in [5.41, 5.74) is 1.63. The summed E-state index contributed by atoms with van der Waals surface area (Å²) >= 11 is 0. The van der Waals surface area contributed by atoms with E-state index >= 15 is 0 Å². The van der Waals surface area contributed by atoms with Crippen LogP contribution in [0.3, 0.4) is 0 Å². The lowest BCUT2D eigenvalue weighted by molar-refractivity contribution is 0.0364. The minimum Gasteiger partial charge on any atom is -0.381 e. The predicted molar refractivity (Wildman–Crippen MR) is 133 cm³/mol. The van der Waals surface area contributed by atoms with Crippen molar-refractivity contribution in [3.05, 3.63) is 52.3 Å². The third kappa shape index (κ3) is 5.71. The summed E-state index contributed by atoms with van der Waals surface area (Å²) in [5, 5.41) is 3.25. The van der Waals surface area contributed by atoms with Crippen molar-refractivity contribution < 1.29 is 18.3 Å². The molecule has 0 saturated carbocycles. The fourth-order valence-corrected chi connectivity index (χ4v) is 4.75. The largest absolute Gasteiger partial charge is 0.381 e. The molecule has 2 aromatic heterocycles. The van der Waals surface area contributed by atoms with Crippen molar-refractivity contribution in [2.75, 3.05) is 57.9 Å². The molecule has 36 heavy (non-hydrogen) atoms. The van der Waals surface area contributed by atoms with Gasteiger partial charge in [0.25, 0.3) is 5.56 Å². The Balaban J connectivity index is 1.44. The zero-order chi connectivity index (χ0) is 24.9. The highest BCUT2D eigenvalue weighted by Crippen LogP contribution is 2.23. The average molecular weight is 500 g/mol. The second-order valence-corrected chi connectivity index (χ2v) is 9.31. The van der Waals surface area contributed by atoms with Crippen LogP contribution in [0.4, 0.5) is 14.6 Å². The van der Waals surface area contributed by atoms with Crippen molar-refractivity contribution in [1.82, 2.24) is 19.4 Å². The molecule has 0 amide bonds. The molecule has 0 unspecified atom stereocenters. The number of nitrogens with one attached hydrogen (secondary N) is 1. The maximum absolute atomic E-state index is 13.9. The van der Waals surface area contributed by atoms with E-state index in [1.807, 2.05) is 0 Å². The molecule has 0 aliphatic carbocycles. The quantitative estimate of drug-likeness (QED) is 0.509. The fourth-order valence-electron chi connectivity index (χ4n) is 4.75. The molecule has 192 valence electrons. The van der Waals surface area contributed by atoms with Crippen LogP contribution in [0.15, 0.2) is 35.1 Å². The van der Waals surface area contributed by atoms with Gasteiger partial charge in [-0.2, -0.15) is 0 Å². The first-order valence-corrected chi connectivity index (χ1v) is 12.6. The minimum absolute atomic E-state index is 0.238. The predicted octanol–water partition coefficient (Wildman–Crippen LogP) is 3.30. The lowest BCUT2D eigenvalue weighted by Crippen LogP contribution is -2.39. The van der Waals surface area contributed by atoms with Crippen molar-refractivity contribution in [2.24, 2.45) is 5.92 Å². The molecular formula is C26H31F2N5O3. The average Bonchev–Trinajstić information content (AvgIpc) is 2.91. The van der Waals surface area contributed by atoms with Gasteiger partial charge in [0, 0.05) is 51.5 Å². The highest BCUT2D eigenvalue weighted by Gasteiger charge is 2.18. The molecule has 0 radical (unpaired) electrons. The van der Waals surface area contributed by atoms with Crippen molar-refractivity contribution in [2.45, 2.75) is 25.8 Å².